The van der Waals surface area contributed by atoms with E-state index in [-0.39, 0.29) is 25.5 Å². The molecule has 0 saturated heterocycles. The molecule has 2 heterocycles. The van der Waals surface area contributed by atoms with Gasteiger partial charge >= 0.3 is 0 Å². The van der Waals surface area contributed by atoms with Crippen molar-refractivity contribution < 1.29 is 24.2 Å². The molecular formula is C20H16BrNO5. The molecule has 4 rings (SSSR count). The van der Waals surface area contributed by atoms with Crippen LogP contribution in [0, 0.1) is 0 Å². The van der Waals surface area contributed by atoms with E-state index in [9.17, 15) is 14.7 Å². The number of ketones is 1. The number of rotatable bonds is 5. The maximum absolute atomic E-state index is 13.0. The number of benzene rings is 2. The molecule has 2 aliphatic rings. The molecule has 1 N–H and O–H groups in total. The third-order valence-electron chi connectivity index (χ3n) is 4.72. The lowest BCUT2D eigenvalue weighted by Gasteiger charge is -2.22. The molecule has 1 amide bonds. The van der Waals surface area contributed by atoms with Gasteiger partial charge in [0.1, 0.15) is 0 Å². The molecule has 1 atom stereocenters. The smallest absolute Gasteiger partial charge is 0.264 e. The highest BCUT2D eigenvalue weighted by Gasteiger charge is 2.50. The normalized spacial score (nSPS) is 19.9. The molecule has 6 nitrogen and oxygen atoms in total. The van der Waals surface area contributed by atoms with Gasteiger partial charge < -0.3 is 19.5 Å². The van der Waals surface area contributed by atoms with E-state index in [4.69, 9.17) is 9.47 Å². The molecule has 0 spiro atoms. The molecule has 0 fully saturated rings. The van der Waals surface area contributed by atoms with E-state index in [0.717, 1.165) is 0 Å². The molecule has 138 valence electrons. The summed E-state index contributed by atoms with van der Waals surface area (Å²) in [6.07, 6.45) is 1.21. The Morgan fingerprint density at radius 3 is 2.81 bits per heavy atom. The summed E-state index contributed by atoms with van der Waals surface area (Å²) in [5.41, 5.74) is -0.614. The minimum Gasteiger partial charge on any atom is -0.454 e. The molecule has 0 radical (unpaired) electrons. The quantitative estimate of drug-likeness (QED) is 0.583. The van der Waals surface area contributed by atoms with Gasteiger partial charge in [0.25, 0.3) is 5.91 Å². The van der Waals surface area contributed by atoms with Crippen LogP contribution >= 0.6 is 15.9 Å². The van der Waals surface area contributed by atoms with Gasteiger partial charge in [0.05, 0.1) is 12.1 Å². The molecule has 27 heavy (non-hydrogen) atoms. The maximum atomic E-state index is 13.0. The van der Waals surface area contributed by atoms with Crippen molar-refractivity contribution in [3.63, 3.8) is 0 Å². The highest BCUT2D eigenvalue weighted by Crippen LogP contribution is 2.44. The number of carbonyl (C=O) groups is 2. The van der Waals surface area contributed by atoms with E-state index in [1.165, 1.54) is 4.90 Å². The Kier molecular flexibility index (Phi) is 4.28. The number of aliphatic hydroxyl groups is 1. The van der Waals surface area contributed by atoms with Gasteiger partial charge in [-0.15, -0.1) is 6.58 Å². The second kappa shape index (κ2) is 6.51. The highest BCUT2D eigenvalue weighted by atomic mass is 79.9. The third-order valence-corrected chi connectivity index (χ3v) is 5.21. The van der Waals surface area contributed by atoms with Crippen molar-refractivity contribution in [2.75, 3.05) is 18.2 Å². The molecule has 7 heteroatoms. The number of Topliss-reactive ketones (excluding diaryl/α,β-unsaturated/α-hetero) is 1. The number of carbonyl (C=O) groups excluding carboxylic acids is 2. The number of halogens is 1. The second-order valence-electron chi connectivity index (χ2n) is 6.39. The number of anilines is 1. The largest absolute Gasteiger partial charge is 0.454 e. The summed E-state index contributed by atoms with van der Waals surface area (Å²) in [5.74, 6) is 0.135. The minimum absolute atomic E-state index is 0.104. The number of hydrogen-bond acceptors (Lipinski definition) is 5. The molecule has 0 bridgehead atoms. The number of hydrogen-bond donors (Lipinski definition) is 1. The van der Waals surface area contributed by atoms with E-state index in [2.05, 4.69) is 22.5 Å². The van der Waals surface area contributed by atoms with Gasteiger partial charge in [-0.05, 0) is 36.4 Å². The summed E-state index contributed by atoms with van der Waals surface area (Å²) in [6, 6.07) is 10.0. The Bertz CT molecular complexity index is 973. The number of nitrogens with zero attached hydrogens (tertiary/aromatic N) is 1. The number of amides is 1. The zero-order chi connectivity index (χ0) is 19.2. The Morgan fingerprint density at radius 2 is 2.04 bits per heavy atom. The summed E-state index contributed by atoms with van der Waals surface area (Å²) in [4.78, 5) is 27.2. The fraction of sp³-hybridized carbons (Fsp3) is 0.200. The van der Waals surface area contributed by atoms with E-state index in [1.54, 1.807) is 42.5 Å². The van der Waals surface area contributed by atoms with Crippen LogP contribution in [0.25, 0.3) is 0 Å². The summed E-state index contributed by atoms with van der Waals surface area (Å²) in [6.45, 7) is 4.01. The van der Waals surface area contributed by atoms with Crippen LogP contribution in [0.4, 0.5) is 5.69 Å². The molecule has 0 aromatic heterocycles. The first-order chi connectivity index (χ1) is 12.9. The van der Waals surface area contributed by atoms with Crippen LogP contribution in [0.1, 0.15) is 22.3 Å². The molecule has 2 aliphatic heterocycles. The van der Waals surface area contributed by atoms with E-state index >= 15 is 0 Å². The van der Waals surface area contributed by atoms with Crippen LogP contribution in [0.5, 0.6) is 11.5 Å². The Balaban J connectivity index is 1.70. The monoisotopic (exact) mass is 429 g/mol. The standard InChI is InChI=1S/C20H16BrNO5/c1-2-7-22-15-5-4-13(21)9-14(15)20(25,19(22)24)10-16(23)12-3-6-17-18(8-12)27-11-26-17/h2-6,8-9,25H,1,7,10-11H2/t20-/m0/s1. The highest BCUT2D eigenvalue weighted by molar-refractivity contribution is 9.10. The molecule has 0 saturated carbocycles. The topological polar surface area (TPSA) is 76.1 Å². The van der Waals surface area contributed by atoms with Crippen LogP contribution in [-0.4, -0.2) is 30.1 Å². The first-order valence-corrected chi connectivity index (χ1v) is 9.11. The van der Waals surface area contributed by atoms with Crippen molar-refractivity contribution in [2.24, 2.45) is 0 Å². The molecule has 0 aliphatic carbocycles. The van der Waals surface area contributed by atoms with Crippen LogP contribution in [-0.2, 0) is 10.4 Å². The SMILES string of the molecule is C=CCN1C(=O)[C@](O)(CC(=O)c2ccc3c(c2)OCO3)c2cc(Br)ccc21. The van der Waals surface area contributed by atoms with Crippen molar-refractivity contribution in [3.8, 4) is 11.5 Å². The molecule has 0 unspecified atom stereocenters. The van der Waals surface area contributed by atoms with Gasteiger partial charge in [0.15, 0.2) is 22.9 Å². The Morgan fingerprint density at radius 1 is 1.26 bits per heavy atom. The lowest BCUT2D eigenvalue weighted by molar-refractivity contribution is -0.135. The summed E-state index contributed by atoms with van der Waals surface area (Å²) in [5, 5.41) is 11.2. The van der Waals surface area contributed by atoms with Crippen molar-refractivity contribution in [3.05, 3.63) is 64.7 Å². The second-order valence-corrected chi connectivity index (χ2v) is 7.31. The lowest BCUT2D eigenvalue weighted by Crippen LogP contribution is -2.41. The van der Waals surface area contributed by atoms with Crippen LogP contribution in [0.3, 0.4) is 0 Å². The maximum Gasteiger partial charge on any atom is 0.264 e. The molecule has 2 aromatic carbocycles. The average molecular weight is 430 g/mol. The number of fused-ring (bicyclic) bond motifs is 2. The van der Waals surface area contributed by atoms with Crippen molar-refractivity contribution in [1.29, 1.82) is 0 Å². The van der Waals surface area contributed by atoms with Crippen LogP contribution in [0.15, 0.2) is 53.5 Å². The lowest BCUT2D eigenvalue weighted by atomic mass is 9.88. The fourth-order valence-corrected chi connectivity index (χ4v) is 3.77. The van der Waals surface area contributed by atoms with Gasteiger partial charge in [0.2, 0.25) is 6.79 Å². The first kappa shape index (κ1) is 17.8. The van der Waals surface area contributed by atoms with Crippen molar-refractivity contribution >= 4 is 33.3 Å². The van der Waals surface area contributed by atoms with Crippen LogP contribution in [0.2, 0.25) is 0 Å². The zero-order valence-electron chi connectivity index (χ0n) is 14.3. The van der Waals surface area contributed by atoms with E-state index in [0.29, 0.717) is 32.8 Å². The summed E-state index contributed by atoms with van der Waals surface area (Å²) >= 11 is 3.36. The van der Waals surface area contributed by atoms with Gasteiger partial charge in [0, 0.05) is 22.1 Å². The summed E-state index contributed by atoms with van der Waals surface area (Å²) in [7, 11) is 0. The van der Waals surface area contributed by atoms with Gasteiger partial charge in [-0.2, -0.15) is 0 Å². The average Bonchev–Trinajstić information content (AvgIpc) is 3.19. The predicted molar refractivity (Wildman–Crippen MR) is 102 cm³/mol. The van der Waals surface area contributed by atoms with Gasteiger partial charge in [-0.1, -0.05) is 22.0 Å². The minimum atomic E-state index is -1.93. The van der Waals surface area contributed by atoms with Gasteiger partial charge in [-0.3, -0.25) is 9.59 Å². The van der Waals surface area contributed by atoms with E-state index < -0.39 is 11.5 Å². The first-order valence-electron chi connectivity index (χ1n) is 8.32. The van der Waals surface area contributed by atoms with Crippen LogP contribution < -0.4 is 14.4 Å². The third kappa shape index (κ3) is 2.83. The van der Waals surface area contributed by atoms with Crippen molar-refractivity contribution in [2.45, 2.75) is 12.0 Å². The van der Waals surface area contributed by atoms with E-state index in [1.807, 2.05) is 0 Å². The Labute approximate surface area is 164 Å². The Hall–Kier alpha value is -2.64. The summed E-state index contributed by atoms with van der Waals surface area (Å²) < 4.78 is 11.3. The fourth-order valence-electron chi connectivity index (χ4n) is 3.41. The molecular weight excluding hydrogens is 414 g/mol. The number of ether oxygens (including phenoxy) is 2. The zero-order valence-corrected chi connectivity index (χ0v) is 15.9. The predicted octanol–water partition coefficient (Wildman–Crippen LogP) is 3.17. The van der Waals surface area contributed by atoms with Crippen molar-refractivity contribution in [1.82, 2.24) is 0 Å². The van der Waals surface area contributed by atoms with Gasteiger partial charge in [-0.25, -0.2) is 0 Å². The molecule has 2 aromatic rings.